The van der Waals surface area contributed by atoms with E-state index in [1.807, 2.05) is 6.92 Å². The number of hydrogen-bond donors (Lipinski definition) is 0. The third-order valence-corrected chi connectivity index (χ3v) is 3.31. The van der Waals surface area contributed by atoms with Crippen LogP contribution in [-0.4, -0.2) is 5.78 Å². The first-order valence-electron chi connectivity index (χ1n) is 5.18. The quantitative estimate of drug-likeness (QED) is 0.740. The van der Waals surface area contributed by atoms with Crippen molar-refractivity contribution in [3.8, 4) is 0 Å². The molecule has 0 heterocycles. The summed E-state index contributed by atoms with van der Waals surface area (Å²) < 4.78 is 38.0. The van der Waals surface area contributed by atoms with Crippen molar-refractivity contribution >= 4 is 21.7 Å². The van der Waals surface area contributed by atoms with Crippen LogP contribution in [-0.2, 0) is 6.18 Å². The van der Waals surface area contributed by atoms with E-state index in [4.69, 9.17) is 0 Å². The Morgan fingerprint density at radius 2 is 2.00 bits per heavy atom. The summed E-state index contributed by atoms with van der Waals surface area (Å²) in [5.41, 5.74) is -0.707. The summed E-state index contributed by atoms with van der Waals surface area (Å²) in [4.78, 5) is 11.9. The highest BCUT2D eigenvalue weighted by atomic mass is 79.9. The topological polar surface area (TPSA) is 17.1 Å². The van der Waals surface area contributed by atoms with Gasteiger partial charge in [0.1, 0.15) is 0 Å². The molecule has 0 bridgehead atoms. The lowest BCUT2D eigenvalue weighted by Gasteiger charge is -2.12. The lowest BCUT2D eigenvalue weighted by Crippen LogP contribution is -2.13. The molecule has 0 spiro atoms. The van der Waals surface area contributed by atoms with E-state index in [2.05, 4.69) is 15.9 Å². The summed E-state index contributed by atoms with van der Waals surface area (Å²) in [6.07, 6.45) is -3.83. The maximum atomic E-state index is 12.5. The third-order valence-electron chi connectivity index (χ3n) is 2.62. The molecular weight excluding hydrogens is 297 g/mol. The van der Waals surface area contributed by atoms with E-state index in [1.54, 1.807) is 6.92 Å². The van der Waals surface area contributed by atoms with Gasteiger partial charge in [0.15, 0.2) is 5.78 Å². The predicted octanol–water partition coefficient (Wildman–Crippen LogP) is 4.70. The second-order valence-corrected chi connectivity index (χ2v) is 4.72. The fourth-order valence-electron chi connectivity index (χ4n) is 1.34. The van der Waals surface area contributed by atoms with Gasteiger partial charge in [-0.25, -0.2) is 0 Å². The molecule has 0 aromatic heterocycles. The van der Waals surface area contributed by atoms with Crippen molar-refractivity contribution in [2.45, 2.75) is 26.4 Å². The van der Waals surface area contributed by atoms with Crippen molar-refractivity contribution in [1.82, 2.24) is 0 Å². The standard InChI is InChI=1S/C12H12BrF3O/c1-3-7(2)11(17)9-6-8(12(14,15)16)4-5-10(9)13/h4-7H,3H2,1-2H3. The Morgan fingerprint density at radius 3 is 2.47 bits per heavy atom. The van der Waals surface area contributed by atoms with E-state index in [0.29, 0.717) is 10.9 Å². The van der Waals surface area contributed by atoms with Crippen LogP contribution < -0.4 is 0 Å². The SMILES string of the molecule is CCC(C)C(=O)c1cc(C(F)(F)F)ccc1Br. The van der Waals surface area contributed by atoms with Crippen LogP contribution in [0.25, 0.3) is 0 Å². The van der Waals surface area contributed by atoms with Gasteiger partial charge in [0.25, 0.3) is 0 Å². The lowest BCUT2D eigenvalue weighted by molar-refractivity contribution is -0.137. The van der Waals surface area contributed by atoms with Gasteiger partial charge in [-0.1, -0.05) is 29.8 Å². The Bertz CT molecular complexity index is 426. The van der Waals surface area contributed by atoms with Crippen LogP contribution >= 0.6 is 15.9 Å². The zero-order valence-electron chi connectivity index (χ0n) is 9.44. The molecule has 1 rings (SSSR count). The first kappa shape index (κ1) is 14.2. The molecule has 5 heteroatoms. The summed E-state index contributed by atoms with van der Waals surface area (Å²) in [7, 11) is 0. The Hall–Kier alpha value is -0.840. The van der Waals surface area contributed by atoms with Crippen LogP contribution in [0.3, 0.4) is 0 Å². The van der Waals surface area contributed by atoms with Gasteiger partial charge in [0.05, 0.1) is 5.56 Å². The minimum atomic E-state index is -4.43. The van der Waals surface area contributed by atoms with Crippen LogP contribution in [0.15, 0.2) is 22.7 Å². The number of carbonyl (C=O) groups is 1. The van der Waals surface area contributed by atoms with E-state index in [9.17, 15) is 18.0 Å². The number of Topliss-reactive ketones (excluding diaryl/α,β-unsaturated/α-hetero) is 1. The largest absolute Gasteiger partial charge is 0.416 e. The van der Waals surface area contributed by atoms with Crippen molar-refractivity contribution in [3.63, 3.8) is 0 Å². The van der Waals surface area contributed by atoms with E-state index in [1.165, 1.54) is 6.07 Å². The van der Waals surface area contributed by atoms with Crippen LogP contribution in [0.2, 0.25) is 0 Å². The Balaban J connectivity index is 3.20. The monoisotopic (exact) mass is 308 g/mol. The molecule has 17 heavy (non-hydrogen) atoms. The molecular formula is C12H12BrF3O. The second-order valence-electron chi connectivity index (χ2n) is 3.87. The average Bonchev–Trinajstić information content (AvgIpc) is 2.26. The Labute approximate surface area is 106 Å². The Morgan fingerprint density at radius 1 is 1.41 bits per heavy atom. The predicted molar refractivity (Wildman–Crippen MR) is 62.9 cm³/mol. The highest BCUT2D eigenvalue weighted by molar-refractivity contribution is 9.10. The van der Waals surface area contributed by atoms with Crippen LogP contribution in [0, 0.1) is 5.92 Å². The minimum Gasteiger partial charge on any atom is -0.294 e. The van der Waals surface area contributed by atoms with E-state index < -0.39 is 11.7 Å². The molecule has 0 radical (unpaired) electrons. The van der Waals surface area contributed by atoms with Crippen molar-refractivity contribution in [3.05, 3.63) is 33.8 Å². The van der Waals surface area contributed by atoms with Gasteiger partial charge in [-0.2, -0.15) is 13.2 Å². The number of rotatable bonds is 3. The van der Waals surface area contributed by atoms with Gasteiger partial charge in [-0.15, -0.1) is 0 Å². The van der Waals surface area contributed by atoms with E-state index in [0.717, 1.165) is 12.1 Å². The first-order valence-corrected chi connectivity index (χ1v) is 5.97. The molecule has 0 saturated carbocycles. The smallest absolute Gasteiger partial charge is 0.294 e. The van der Waals surface area contributed by atoms with Gasteiger partial charge in [0.2, 0.25) is 0 Å². The number of alkyl halides is 3. The fraction of sp³-hybridized carbons (Fsp3) is 0.417. The Kier molecular flexibility index (Phi) is 4.36. The van der Waals surface area contributed by atoms with Gasteiger partial charge < -0.3 is 0 Å². The summed E-state index contributed by atoms with van der Waals surface area (Å²) in [6, 6.07) is 3.12. The number of halogens is 4. The molecule has 1 unspecified atom stereocenters. The summed E-state index contributed by atoms with van der Waals surface area (Å²) in [5.74, 6) is -0.555. The third kappa shape index (κ3) is 3.31. The van der Waals surface area contributed by atoms with Gasteiger partial charge in [0, 0.05) is 16.0 Å². The number of hydrogen-bond acceptors (Lipinski definition) is 1. The fourth-order valence-corrected chi connectivity index (χ4v) is 1.78. The van der Waals surface area contributed by atoms with Crippen LogP contribution in [0.5, 0.6) is 0 Å². The zero-order valence-corrected chi connectivity index (χ0v) is 11.0. The van der Waals surface area contributed by atoms with Crippen molar-refractivity contribution in [1.29, 1.82) is 0 Å². The summed E-state index contributed by atoms with van der Waals surface area (Å²) in [6.45, 7) is 3.53. The van der Waals surface area contributed by atoms with E-state index >= 15 is 0 Å². The van der Waals surface area contributed by atoms with Crippen LogP contribution in [0.1, 0.15) is 36.2 Å². The van der Waals surface area contributed by atoms with Gasteiger partial charge >= 0.3 is 6.18 Å². The van der Waals surface area contributed by atoms with E-state index in [-0.39, 0.29) is 17.3 Å². The molecule has 0 aliphatic rings. The molecule has 1 atom stereocenters. The molecule has 0 aliphatic carbocycles. The summed E-state index contributed by atoms with van der Waals surface area (Å²) >= 11 is 3.11. The number of ketones is 1. The molecule has 1 aromatic carbocycles. The molecule has 0 saturated heterocycles. The average molecular weight is 309 g/mol. The van der Waals surface area contributed by atoms with Gasteiger partial charge in [-0.3, -0.25) is 4.79 Å². The normalized spacial score (nSPS) is 13.5. The van der Waals surface area contributed by atoms with Crippen molar-refractivity contribution in [2.24, 2.45) is 5.92 Å². The maximum absolute atomic E-state index is 12.5. The highest BCUT2D eigenvalue weighted by Crippen LogP contribution is 2.32. The molecule has 0 aliphatic heterocycles. The number of carbonyl (C=O) groups excluding carboxylic acids is 1. The maximum Gasteiger partial charge on any atom is 0.416 e. The highest BCUT2D eigenvalue weighted by Gasteiger charge is 2.31. The van der Waals surface area contributed by atoms with Crippen LogP contribution in [0.4, 0.5) is 13.2 Å². The number of benzene rings is 1. The molecule has 0 fully saturated rings. The zero-order chi connectivity index (χ0) is 13.2. The summed E-state index contributed by atoms with van der Waals surface area (Å²) in [5, 5.41) is 0. The molecule has 1 nitrogen and oxygen atoms in total. The first-order chi connectivity index (χ1) is 7.77. The van der Waals surface area contributed by atoms with Crippen molar-refractivity contribution in [2.75, 3.05) is 0 Å². The lowest BCUT2D eigenvalue weighted by atomic mass is 9.96. The molecule has 0 N–H and O–H groups in total. The minimum absolute atomic E-state index is 0.0918. The molecule has 1 aromatic rings. The van der Waals surface area contributed by atoms with Gasteiger partial charge in [-0.05, 0) is 24.6 Å². The molecule has 0 amide bonds. The van der Waals surface area contributed by atoms with Crippen molar-refractivity contribution < 1.29 is 18.0 Å². The molecule has 94 valence electrons. The second kappa shape index (κ2) is 5.21.